The normalized spacial score (nSPS) is 20.2. The average molecular weight is 267 g/mol. The molecule has 0 aliphatic carbocycles. The van der Waals surface area contributed by atoms with E-state index in [4.69, 9.17) is 6.42 Å². The van der Waals surface area contributed by atoms with Gasteiger partial charge in [0, 0.05) is 18.7 Å². The number of hydrogen-bond donors (Lipinski definition) is 0. The van der Waals surface area contributed by atoms with E-state index in [1.54, 1.807) is 0 Å². The SMILES string of the molecule is C#Cc1cc(C(F)(F)F)ccc1N1CCCC(C)C1. The molecule has 0 radical (unpaired) electrons. The number of piperidine rings is 1. The number of rotatable bonds is 1. The standard InChI is InChI=1S/C15H16F3N/c1-3-12-9-13(15(16,17)18)6-7-14(12)19-8-4-5-11(2)10-19/h1,6-7,9,11H,4-5,8,10H2,2H3. The van der Waals surface area contributed by atoms with Gasteiger partial charge in [0.15, 0.2) is 0 Å². The molecule has 1 aliphatic heterocycles. The topological polar surface area (TPSA) is 3.24 Å². The van der Waals surface area contributed by atoms with Crippen LogP contribution in [0.25, 0.3) is 0 Å². The van der Waals surface area contributed by atoms with Gasteiger partial charge in [-0.15, -0.1) is 6.42 Å². The molecule has 0 bridgehead atoms. The third-order valence-corrected chi connectivity index (χ3v) is 3.48. The molecule has 1 nitrogen and oxygen atoms in total. The number of nitrogens with zero attached hydrogens (tertiary/aromatic N) is 1. The third kappa shape index (κ3) is 3.04. The van der Waals surface area contributed by atoms with Crippen LogP contribution in [0.3, 0.4) is 0 Å². The van der Waals surface area contributed by atoms with Crippen LogP contribution in [-0.4, -0.2) is 13.1 Å². The maximum atomic E-state index is 12.7. The summed E-state index contributed by atoms with van der Waals surface area (Å²) < 4.78 is 38.0. The first kappa shape index (κ1) is 13.8. The summed E-state index contributed by atoms with van der Waals surface area (Å²) in [5.41, 5.74) is 0.375. The molecule has 1 fully saturated rings. The van der Waals surface area contributed by atoms with Crippen molar-refractivity contribution in [2.24, 2.45) is 5.92 Å². The van der Waals surface area contributed by atoms with Crippen molar-refractivity contribution >= 4 is 5.69 Å². The van der Waals surface area contributed by atoms with Crippen molar-refractivity contribution in [3.05, 3.63) is 29.3 Å². The molecule has 1 saturated heterocycles. The van der Waals surface area contributed by atoms with E-state index in [2.05, 4.69) is 17.7 Å². The van der Waals surface area contributed by atoms with Crippen LogP contribution in [0.2, 0.25) is 0 Å². The molecule has 2 rings (SSSR count). The second-order valence-electron chi connectivity index (χ2n) is 5.07. The highest BCUT2D eigenvalue weighted by Gasteiger charge is 2.31. The van der Waals surface area contributed by atoms with Gasteiger partial charge >= 0.3 is 6.18 Å². The fraction of sp³-hybridized carbons (Fsp3) is 0.467. The summed E-state index contributed by atoms with van der Waals surface area (Å²) in [6, 6.07) is 3.67. The van der Waals surface area contributed by atoms with E-state index in [-0.39, 0.29) is 0 Å². The average Bonchev–Trinajstić information content (AvgIpc) is 2.37. The van der Waals surface area contributed by atoms with Crippen molar-refractivity contribution in [1.29, 1.82) is 0 Å². The van der Waals surface area contributed by atoms with Crippen LogP contribution >= 0.6 is 0 Å². The highest BCUT2D eigenvalue weighted by Crippen LogP contribution is 2.33. The Morgan fingerprint density at radius 3 is 2.68 bits per heavy atom. The Kier molecular flexibility index (Phi) is 3.75. The Hall–Kier alpha value is -1.63. The zero-order valence-corrected chi connectivity index (χ0v) is 10.8. The molecule has 1 aromatic carbocycles. The van der Waals surface area contributed by atoms with E-state index in [0.29, 0.717) is 11.5 Å². The lowest BCUT2D eigenvalue weighted by Gasteiger charge is -2.33. The second-order valence-corrected chi connectivity index (χ2v) is 5.07. The van der Waals surface area contributed by atoms with Gasteiger partial charge in [-0.05, 0) is 37.0 Å². The van der Waals surface area contributed by atoms with Gasteiger partial charge in [-0.2, -0.15) is 13.2 Å². The molecule has 0 spiro atoms. The van der Waals surface area contributed by atoms with E-state index >= 15 is 0 Å². The van der Waals surface area contributed by atoms with Crippen LogP contribution in [0.1, 0.15) is 30.9 Å². The fourth-order valence-electron chi connectivity index (χ4n) is 2.51. The zero-order valence-electron chi connectivity index (χ0n) is 10.8. The first-order valence-corrected chi connectivity index (χ1v) is 6.34. The Morgan fingerprint density at radius 1 is 1.37 bits per heavy atom. The van der Waals surface area contributed by atoms with Crippen LogP contribution in [-0.2, 0) is 6.18 Å². The van der Waals surface area contributed by atoms with Gasteiger partial charge in [-0.25, -0.2) is 0 Å². The lowest BCUT2D eigenvalue weighted by atomic mass is 9.98. The van der Waals surface area contributed by atoms with Crippen molar-refractivity contribution in [2.75, 3.05) is 18.0 Å². The van der Waals surface area contributed by atoms with E-state index in [1.165, 1.54) is 6.07 Å². The van der Waals surface area contributed by atoms with Crippen molar-refractivity contribution < 1.29 is 13.2 Å². The highest BCUT2D eigenvalue weighted by atomic mass is 19.4. The Balaban J connectivity index is 2.34. The Morgan fingerprint density at radius 2 is 2.11 bits per heavy atom. The molecule has 1 aromatic rings. The number of halogens is 3. The largest absolute Gasteiger partial charge is 0.416 e. The molecule has 1 heterocycles. The van der Waals surface area contributed by atoms with E-state index in [9.17, 15) is 13.2 Å². The molecule has 0 N–H and O–H groups in total. The molecule has 1 aliphatic rings. The minimum Gasteiger partial charge on any atom is -0.370 e. The second kappa shape index (κ2) is 5.16. The summed E-state index contributed by atoms with van der Waals surface area (Å²) in [4.78, 5) is 2.09. The minimum atomic E-state index is -4.35. The first-order chi connectivity index (χ1) is 8.91. The maximum absolute atomic E-state index is 12.7. The predicted molar refractivity (Wildman–Crippen MR) is 70.0 cm³/mol. The van der Waals surface area contributed by atoms with Crippen molar-refractivity contribution in [3.63, 3.8) is 0 Å². The van der Waals surface area contributed by atoms with Gasteiger partial charge in [0.2, 0.25) is 0 Å². The van der Waals surface area contributed by atoms with Gasteiger partial charge in [0.25, 0.3) is 0 Å². The Bertz CT molecular complexity index is 499. The number of alkyl halides is 3. The summed E-state index contributed by atoms with van der Waals surface area (Å²) >= 11 is 0. The first-order valence-electron chi connectivity index (χ1n) is 6.34. The van der Waals surface area contributed by atoms with Gasteiger partial charge < -0.3 is 4.90 Å². The number of hydrogen-bond acceptors (Lipinski definition) is 1. The van der Waals surface area contributed by atoms with Crippen molar-refractivity contribution in [2.45, 2.75) is 25.9 Å². The molecule has 0 aromatic heterocycles. The van der Waals surface area contributed by atoms with Crippen LogP contribution in [0.15, 0.2) is 18.2 Å². The van der Waals surface area contributed by atoms with Crippen LogP contribution in [0, 0.1) is 18.3 Å². The maximum Gasteiger partial charge on any atom is 0.416 e. The minimum absolute atomic E-state index is 0.323. The summed E-state index contributed by atoms with van der Waals surface area (Å²) in [5, 5.41) is 0. The number of terminal acetylenes is 1. The smallest absolute Gasteiger partial charge is 0.370 e. The lowest BCUT2D eigenvalue weighted by Crippen LogP contribution is -2.34. The van der Waals surface area contributed by atoms with Gasteiger partial charge in [0.1, 0.15) is 0 Å². The predicted octanol–water partition coefficient (Wildman–Crippen LogP) is 3.92. The molecule has 1 unspecified atom stereocenters. The summed E-state index contributed by atoms with van der Waals surface area (Å²) in [6.07, 6.45) is 3.22. The van der Waals surface area contributed by atoms with Gasteiger partial charge in [-0.3, -0.25) is 0 Å². The number of benzene rings is 1. The molecule has 4 heteroatoms. The van der Waals surface area contributed by atoms with Crippen LogP contribution < -0.4 is 4.90 Å². The van der Waals surface area contributed by atoms with Gasteiger partial charge in [0.05, 0.1) is 11.3 Å². The van der Waals surface area contributed by atoms with Crippen molar-refractivity contribution in [1.82, 2.24) is 0 Å². The van der Waals surface area contributed by atoms with E-state index in [0.717, 1.165) is 43.8 Å². The zero-order chi connectivity index (χ0) is 14.0. The molecule has 102 valence electrons. The summed E-state index contributed by atoms with van der Waals surface area (Å²) in [7, 11) is 0. The van der Waals surface area contributed by atoms with Crippen molar-refractivity contribution in [3.8, 4) is 12.3 Å². The highest BCUT2D eigenvalue weighted by molar-refractivity contribution is 5.62. The quantitative estimate of drug-likeness (QED) is 0.697. The fourth-order valence-corrected chi connectivity index (χ4v) is 2.51. The third-order valence-electron chi connectivity index (χ3n) is 3.48. The number of anilines is 1. The molecular formula is C15H16F3N. The molecule has 1 atom stereocenters. The van der Waals surface area contributed by atoms with Gasteiger partial charge in [-0.1, -0.05) is 12.8 Å². The lowest BCUT2D eigenvalue weighted by molar-refractivity contribution is -0.137. The van der Waals surface area contributed by atoms with E-state index < -0.39 is 11.7 Å². The summed E-state index contributed by atoms with van der Waals surface area (Å²) in [6.45, 7) is 3.84. The molecular weight excluding hydrogens is 251 g/mol. The monoisotopic (exact) mass is 267 g/mol. The van der Waals surface area contributed by atoms with E-state index in [1.807, 2.05) is 0 Å². The molecule has 19 heavy (non-hydrogen) atoms. The summed E-state index contributed by atoms with van der Waals surface area (Å²) in [5.74, 6) is 2.92. The van der Waals surface area contributed by atoms with Crippen LogP contribution in [0.5, 0.6) is 0 Å². The molecule has 0 amide bonds. The Labute approximate surface area is 111 Å². The van der Waals surface area contributed by atoms with Crippen LogP contribution in [0.4, 0.5) is 18.9 Å². The molecule has 0 saturated carbocycles.